The Bertz CT molecular complexity index is 1440. The van der Waals surface area contributed by atoms with Crippen molar-refractivity contribution in [2.24, 2.45) is 0 Å². The third-order valence-electron chi connectivity index (χ3n) is 7.73. The van der Waals surface area contributed by atoms with E-state index in [-0.39, 0.29) is 0 Å². The van der Waals surface area contributed by atoms with Crippen LogP contribution in [0.3, 0.4) is 0 Å². The molecular weight excluding hydrogens is 388 g/mol. The number of allylic oxidation sites excluding steroid dienone is 3. The Balaban J connectivity index is 1.56. The van der Waals surface area contributed by atoms with E-state index in [9.17, 15) is 0 Å². The lowest BCUT2D eigenvalue weighted by atomic mass is 9.98. The van der Waals surface area contributed by atoms with E-state index in [0.717, 1.165) is 0 Å². The lowest BCUT2D eigenvalue weighted by Gasteiger charge is -2.30. The summed E-state index contributed by atoms with van der Waals surface area (Å²) in [6, 6.07) is 27.2. The molecule has 151 valence electrons. The van der Waals surface area contributed by atoms with Gasteiger partial charge in [0.15, 0.2) is 0 Å². The summed E-state index contributed by atoms with van der Waals surface area (Å²) in [7, 11) is -0.805. The minimum Gasteiger partial charge on any atom is -0.0695 e. The highest BCUT2D eigenvalue weighted by Crippen LogP contribution is 2.51. The molecule has 0 bridgehead atoms. The van der Waals surface area contributed by atoms with Crippen LogP contribution in [0.4, 0.5) is 0 Å². The molecule has 0 spiro atoms. The molecule has 4 aromatic rings. The average Bonchev–Trinajstić information content (AvgIpc) is 3.27. The van der Waals surface area contributed by atoms with Gasteiger partial charge in [-0.25, -0.2) is 0 Å². The Morgan fingerprint density at radius 3 is 1.97 bits per heavy atom. The van der Waals surface area contributed by atoms with Crippen molar-refractivity contribution >= 4 is 42.0 Å². The normalized spacial score (nSPS) is 20.0. The van der Waals surface area contributed by atoms with Gasteiger partial charge in [-0.1, -0.05) is 96.6 Å². The maximum absolute atomic E-state index is 2.59. The summed E-state index contributed by atoms with van der Waals surface area (Å²) in [5, 5.41) is 5.62. The standard InChI is InChI=1S/C30H27Si/c1-18-17-23-14-13-21-9-5-7-11-25(21)27(23)29(18)31(4)30-20(3)19(2)24-16-15-22-10-6-8-12-26(22)28(24)30/h5-17,29-30H,1-4H3. The average molecular weight is 416 g/mol. The first-order valence-electron chi connectivity index (χ1n) is 11.3. The van der Waals surface area contributed by atoms with Crippen LogP contribution in [0.5, 0.6) is 0 Å². The van der Waals surface area contributed by atoms with Gasteiger partial charge < -0.3 is 0 Å². The van der Waals surface area contributed by atoms with Crippen molar-refractivity contribution in [2.75, 3.05) is 0 Å². The van der Waals surface area contributed by atoms with Crippen molar-refractivity contribution < 1.29 is 0 Å². The van der Waals surface area contributed by atoms with Gasteiger partial charge in [0.05, 0.1) is 8.80 Å². The van der Waals surface area contributed by atoms with E-state index < -0.39 is 8.80 Å². The van der Waals surface area contributed by atoms with Crippen LogP contribution in [-0.4, -0.2) is 8.80 Å². The van der Waals surface area contributed by atoms with Crippen LogP contribution in [0.25, 0.3) is 33.2 Å². The summed E-state index contributed by atoms with van der Waals surface area (Å²) in [6.07, 6.45) is 2.45. The van der Waals surface area contributed by atoms with E-state index in [0.29, 0.717) is 11.1 Å². The molecule has 0 N–H and O–H groups in total. The van der Waals surface area contributed by atoms with E-state index in [4.69, 9.17) is 0 Å². The molecule has 1 radical (unpaired) electrons. The Morgan fingerprint density at radius 1 is 0.645 bits per heavy atom. The molecule has 0 nitrogen and oxygen atoms in total. The molecule has 0 fully saturated rings. The van der Waals surface area contributed by atoms with Crippen LogP contribution >= 0.6 is 0 Å². The number of rotatable bonds is 2. The first kappa shape index (κ1) is 18.8. The van der Waals surface area contributed by atoms with Gasteiger partial charge in [-0.3, -0.25) is 0 Å². The second-order valence-electron chi connectivity index (χ2n) is 9.34. The molecule has 2 aliphatic rings. The van der Waals surface area contributed by atoms with Gasteiger partial charge in [0.1, 0.15) is 0 Å². The lowest BCUT2D eigenvalue weighted by Crippen LogP contribution is -2.28. The topological polar surface area (TPSA) is 0 Å². The first-order valence-corrected chi connectivity index (χ1v) is 13.4. The molecule has 0 amide bonds. The zero-order valence-electron chi connectivity index (χ0n) is 18.7. The van der Waals surface area contributed by atoms with Crippen molar-refractivity contribution in [3.05, 3.63) is 106 Å². The molecule has 6 rings (SSSR count). The Hall–Kier alpha value is -2.90. The predicted octanol–water partition coefficient (Wildman–Crippen LogP) is 8.29. The summed E-state index contributed by atoms with van der Waals surface area (Å²) in [5.74, 6) is 0. The molecule has 4 aromatic carbocycles. The van der Waals surface area contributed by atoms with E-state index in [1.165, 1.54) is 38.2 Å². The summed E-state index contributed by atoms with van der Waals surface area (Å²) >= 11 is 0. The van der Waals surface area contributed by atoms with Crippen molar-refractivity contribution in [1.29, 1.82) is 0 Å². The highest BCUT2D eigenvalue weighted by molar-refractivity contribution is 6.63. The van der Waals surface area contributed by atoms with Crippen LogP contribution in [0.15, 0.2) is 83.9 Å². The quantitative estimate of drug-likeness (QED) is 0.289. The smallest absolute Gasteiger partial charge is 0.0695 e. The van der Waals surface area contributed by atoms with Crippen LogP contribution in [0.1, 0.15) is 54.1 Å². The molecule has 0 heterocycles. The first-order chi connectivity index (χ1) is 15.1. The van der Waals surface area contributed by atoms with Gasteiger partial charge in [0.2, 0.25) is 0 Å². The van der Waals surface area contributed by atoms with Gasteiger partial charge in [-0.2, -0.15) is 0 Å². The monoisotopic (exact) mass is 415 g/mol. The number of fused-ring (bicyclic) bond motifs is 6. The zero-order chi connectivity index (χ0) is 21.3. The van der Waals surface area contributed by atoms with E-state index >= 15 is 0 Å². The van der Waals surface area contributed by atoms with Crippen LogP contribution < -0.4 is 0 Å². The van der Waals surface area contributed by atoms with Crippen LogP contribution in [0, 0.1) is 0 Å². The van der Waals surface area contributed by atoms with Gasteiger partial charge in [-0.15, -0.1) is 0 Å². The summed E-state index contributed by atoms with van der Waals surface area (Å²) in [5.41, 5.74) is 11.8. The molecule has 0 saturated heterocycles. The lowest BCUT2D eigenvalue weighted by molar-refractivity contribution is 1.02. The molecule has 0 aliphatic heterocycles. The molecule has 2 atom stereocenters. The maximum atomic E-state index is 2.59. The summed E-state index contributed by atoms with van der Waals surface area (Å²) < 4.78 is 0. The van der Waals surface area contributed by atoms with Crippen molar-refractivity contribution in [3.8, 4) is 0 Å². The van der Waals surface area contributed by atoms with Crippen molar-refractivity contribution in [1.82, 2.24) is 0 Å². The zero-order valence-corrected chi connectivity index (χ0v) is 19.7. The van der Waals surface area contributed by atoms with Crippen LogP contribution in [0.2, 0.25) is 6.55 Å². The predicted molar refractivity (Wildman–Crippen MR) is 137 cm³/mol. The van der Waals surface area contributed by atoms with Crippen molar-refractivity contribution in [2.45, 2.75) is 38.4 Å². The highest BCUT2D eigenvalue weighted by Gasteiger charge is 2.40. The third-order valence-corrected chi connectivity index (χ3v) is 11.0. The second kappa shape index (κ2) is 6.80. The molecular formula is C30H27Si. The molecule has 0 saturated carbocycles. The van der Waals surface area contributed by atoms with Crippen molar-refractivity contribution in [3.63, 3.8) is 0 Å². The molecule has 2 aliphatic carbocycles. The Labute approximate surface area is 186 Å². The fourth-order valence-electron chi connectivity index (χ4n) is 6.22. The largest absolute Gasteiger partial charge is 0.0718 e. The van der Waals surface area contributed by atoms with E-state index in [2.05, 4.69) is 106 Å². The number of hydrogen-bond acceptors (Lipinski definition) is 0. The molecule has 1 heteroatoms. The summed E-state index contributed by atoms with van der Waals surface area (Å²) in [6.45, 7) is 9.67. The second-order valence-corrected chi connectivity index (χ2v) is 12.0. The van der Waals surface area contributed by atoms with E-state index in [1.54, 1.807) is 22.3 Å². The minimum absolute atomic E-state index is 0.545. The molecule has 0 aromatic heterocycles. The van der Waals surface area contributed by atoms with Gasteiger partial charge in [-0.05, 0) is 75.7 Å². The number of benzene rings is 4. The highest BCUT2D eigenvalue weighted by atomic mass is 28.3. The van der Waals surface area contributed by atoms with E-state index in [1.807, 2.05) is 0 Å². The Kier molecular flexibility index (Phi) is 4.13. The maximum Gasteiger partial charge on any atom is 0.0718 e. The fourth-order valence-corrected chi connectivity index (χ4v) is 9.80. The van der Waals surface area contributed by atoms with Gasteiger partial charge in [0, 0.05) is 5.54 Å². The van der Waals surface area contributed by atoms with Gasteiger partial charge in [0.25, 0.3) is 0 Å². The number of hydrogen-bond donors (Lipinski definition) is 0. The third kappa shape index (κ3) is 2.60. The fraction of sp³-hybridized carbons (Fsp3) is 0.200. The summed E-state index contributed by atoms with van der Waals surface area (Å²) in [4.78, 5) is 0. The van der Waals surface area contributed by atoms with Gasteiger partial charge >= 0.3 is 0 Å². The minimum atomic E-state index is -0.805. The van der Waals surface area contributed by atoms with Crippen LogP contribution in [-0.2, 0) is 0 Å². The Morgan fingerprint density at radius 2 is 1.26 bits per heavy atom. The molecule has 2 unspecified atom stereocenters. The SMILES string of the molecule is CC1=Cc2ccc3ccccc3c2C1[Si](C)C1C(C)=C(C)c2ccc3ccccc3c21. The molecule has 31 heavy (non-hydrogen) atoms.